The zero-order valence-electron chi connectivity index (χ0n) is 9.09. The molecule has 1 fully saturated rings. The Morgan fingerprint density at radius 1 is 1.47 bits per heavy atom. The van der Waals surface area contributed by atoms with Gasteiger partial charge in [0.2, 0.25) is 0 Å². The Bertz CT molecular complexity index is 353. The Labute approximate surface area is 95.6 Å². The van der Waals surface area contributed by atoms with Crippen LogP contribution < -0.4 is 10.1 Å². The normalized spacial score (nSPS) is 25.5. The summed E-state index contributed by atoms with van der Waals surface area (Å²) in [4.78, 5) is 0. The lowest BCUT2D eigenvalue weighted by molar-refractivity contribution is 0.415. The van der Waals surface area contributed by atoms with Crippen LogP contribution in [-0.4, -0.2) is 19.7 Å². The first kappa shape index (κ1) is 10.8. The van der Waals surface area contributed by atoms with Gasteiger partial charge in [-0.15, -0.1) is 0 Å². The fraction of sp³-hybridized carbons (Fsp3) is 0.500. The van der Waals surface area contributed by atoms with E-state index in [0.717, 1.165) is 12.3 Å². The van der Waals surface area contributed by atoms with Crippen LogP contribution in [0.2, 0.25) is 5.02 Å². The number of methoxy groups -OCH3 is 1. The van der Waals surface area contributed by atoms with E-state index in [9.17, 15) is 0 Å². The van der Waals surface area contributed by atoms with Crippen LogP contribution in [0.5, 0.6) is 5.75 Å². The van der Waals surface area contributed by atoms with E-state index < -0.39 is 0 Å². The van der Waals surface area contributed by atoms with Gasteiger partial charge < -0.3 is 10.1 Å². The van der Waals surface area contributed by atoms with Gasteiger partial charge in [0.1, 0.15) is 5.75 Å². The molecule has 0 saturated carbocycles. The number of hydrogen-bond donors (Lipinski definition) is 1. The van der Waals surface area contributed by atoms with Crippen molar-refractivity contribution >= 4 is 11.6 Å². The smallest absolute Gasteiger partial charge is 0.137 e. The van der Waals surface area contributed by atoms with Crippen molar-refractivity contribution in [1.29, 1.82) is 0 Å². The van der Waals surface area contributed by atoms with Gasteiger partial charge >= 0.3 is 0 Å². The molecule has 0 amide bonds. The highest BCUT2D eigenvalue weighted by atomic mass is 35.5. The molecule has 2 nitrogen and oxygen atoms in total. The van der Waals surface area contributed by atoms with E-state index in [1.165, 1.54) is 12.0 Å². The molecule has 1 aliphatic rings. The van der Waals surface area contributed by atoms with Gasteiger partial charge in [0.15, 0.2) is 0 Å². The SMILES string of the molecule is COc1ccc(C2CNC(C)C2)cc1Cl. The van der Waals surface area contributed by atoms with E-state index in [1.807, 2.05) is 12.1 Å². The second-order valence-corrected chi connectivity index (χ2v) is 4.54. The number of halogens is 1. The summed E-state index contributed by atoms with van der Waals surface area (Å²) in [6.07, 6.45) is 1.18. The fourth-order valence-corrected chi connectivity index (χ4v) is 2.39. The standard InChI is InChI=1S/C12H16ClNO/c1-8-5-10(7-14-8)9-3-4-12(15-2)11(13)6-9/h3-4,6,8,10,14H,5,7H2,1-2H3. The van der Waals surface area contributed by atoms with Crippen molar-refractivity contribution < 1.29 is 4.74 Å². The van der Waals surface area contributed by atoms with Crippen molar-refractivity contribution in [2.24, 2.45) is 0 Å². The minimum atomic E-state index is 0.586. The van der Waals surface area contributed by atoms with Crippen LogP contribution in [0.15, 0.2) is 18.2 Å². The summed E-state index contributed by atoms with van der Waals surface area (Å²) in [5.41, 5.74) is 1.30. The van der Waals surface area contributed by atoms with Crippen LogP contribution in [0.4, 0.5) is 0 Å². The Morgan fingerprint density at radius 2 is 2.27 bits per heavy atom. The van der Waals surface area contributed by atoms with Crippen LogP contribution in [0.3, 0.4) is 0 Å². The number of ether oxygens (including phenoxy) is 1. The highest BCUT2D eigenvalue weighted by molar-refractivity contribution is 6.32. The summed E-state index contributed by atoms with van der Waals surface area (Å²) in [7, 11) is 1.64. The van der Waals surface area contributed by atoms with E-state index >= 15 is 0 Å². The predicted octanol–water partition coefficient (Wildman–Crippen LogP) is 2.81. The van der Waals surface area contributed by atoms with Gasteiger partial charge in [-0.1, -0.05) is 17.7 Å². The van der Waals surface area contributed by atoms with Gasteiger partial charge in [-0.3, -0.25) is 0 Å². The molecule has 1 aliphatic heterocycles. The first-order valence-corrected chi connectivity index (χ1v) is 5.65. The van der Waals surface area contributed by atoms with Crippen molar-refractivity contribution in [2.45, 2.75) is 25.3 Å². The van der Waals surface area contributed by atoms with E-state index in [-0.39, 0.29) is 0 Å². The molecule has 0 spiro atoms. The van der Waals surface area contributed by atoms with Crippen molar-refractivity contribution in [1.82, 2.24) is 5.32 Å². The van der Waals surface area contributed by atoms with Gasteiger partial charge in [-0.25, -0.2) is 0 Å². The molecule has 2 unspecified atom stereocenters. The first-order chi connectivity index (χ1) is 7.20. The van der Waals surface area contributed by atoms with E-state index in [0.29, 0.717) is 17.0 Å². The fourth-order valence-electron chi connectivity index (χ4n) is 2.13. The third kappa shape index (κ3) is 2.27. The zero-order valence-corrected chi connectivity index (χ0v) is 9.84. The Morgan fingerprint density at radius 3 is 2.80 bits per heavy atom. The topological polar surface area (TPSA) is 21.3 Å². The third-order valence-corrected chi connectivity index (χ3v) is 3.29. The molecule has 1 saturated heterocycles. The first-order valence-electron chi connectivity index (χ1n) is 5.27. The van der Waals surface area contributed by atoms with Crippen LogP contribution in [-0.2, 0) is 0 Å². The average molecular weight is 226 g/mol. The molecule has 2 rings (SSSR count). The minimum absolute atomic E-state index is 0.586. The molecule has 2 atom stereocenters. The molecule has 0 bridgehead atoms. The molecule has 1 heterocycles. The van der Waals surface area contributed by atoms with Gasteiger partial charge in [0, 0.05) is 12.6 Å². The minimum Gasteiger partial charge on any atom is -0.495 e. The quantitative estimate of drug-likeness (QED) is 0.836. The van der Waals surface area contributed by atoms with E-state index in [2.05, 4.69) is 18.3 Å². The molecule has 0 aliphatic carbocycles. The van der Waals surface area contributed by atoms with E-state index in [1.54, 1.807) is 7.11 Å². The van der Waals surface area contributed by atoms with Crippen LogP contribution in [0.1, 0.15) is 24.8 Å². The molecule has 1 N–H and O–H groups in total. The largest absolute Gasteiger partial charge is 0.495 e. The maximum atomic E-state index is 6.10. The highest BCUT2D eigenvalue weighted by Gasteiger charge is 2.22. The molecular formula is C12H16ClNO. The summed E-state index contributed by atoms with van der Waals surface area (Å²) in [6.45, 7) is 3.26. The molecule has 0 radical (unpaired) electrons. The average Bonchev–Trinajstić information content (AvgIpc) is 2.65. The number of rotatable bonds is 2. The number of benzene rings is 1. The highest BCUT2D eigenvalue weighted by Crippen LogP contribution is 2.31. The summed E-state index contributed by atoms with van der Waals surface area (Å²) >= 11 is 6.10. The van der Waals surface area contributed by atoms with E-state index in [4.69, 9.17) is 16.3 Å². The Balaban J connectivity index is 2.19. The number of nitrogens with one attached hydrogen (secondary N) is 1. The molecule has 15 heavy (non-hydrogen) atoms. The Kier molecular flexibility index (Phi) is 3.17. The Hall–Kier alpha value is -0.730. The van der Waals surface area contributed by atoms with Crippen molar-refractivity contribution in [3.63, 3.8) is 0 Å². The molecule has 1 aromatic rings. The third-order valence-electron chi connectivity index (χ3n) is 3.00. The van der Waals surface area contributed by atoms with Gasteiger partial charge in [-0.05, 0) is 37.0 Å². The predicted molar refractivity (Wildman–Crippen MR) is 62.8 cm³/mol. The summed E-state index contributed by atoms with van der Waals surface area (Å²) in [6, 6.07) is 6.68. The second kappa shape index (κ2) is 4.42. The second-order valence-electron chi connectivity index (χ2n) is 4.14. The molecule has 1 aromatic carbocycles. The number of hydrogen-bond acceptors (Lipinski definition) is 2. The lowest BCUT2D eigenvalue weighted by atomic mass is 9.97. The van der Waals surface area contributed by atoms with Gasteiger partial charge in [-0.2, -0.15) is 0 Å². The maximum absolute atomic E-state index is 6.10. The van der Waals surface area contributed by atoms with Gasteiger partial charge in [0.25, 0.3) is 0 Å². The summed E-state index contributed by atoms with van der Waals surface area (Å²) < 4.78 is 5.14. The van der Waals surface area contributed by atoms with Crippen molar-refractivity contribution in [3.05, 3.63) is 28.8 Å². The lowest BCUT2D eigenvalue weighted by Gasteiger charge is -2.11. The zero-order chi connectivity index (χ0) is 10.8. The molecule has 3 heteroatoms. The molecule has 0 aromatic heterocycles. The van der Waals surface area contributed by atoms with Crippen molar-refractivity contribution in [2.75, 3.05) is 13.7 Å². The summed E-state index contributed by atoms with van der Waals surface area (Å²) in [5.74, 6) is 1.34. The molecular weight excluding hydrogens is 210 g/mol. The van der Waals surface area contributed by atoms with Crippen LogP contribution in [0, 0.1) is 0 Å². The monoisotopic (exact) mass is 225 g/mol. The summed E-state index contributed by atoms with van der Waals surface area (Å²) in [5, 5.41) is 4.15. The van der Waals surface area contributed by atoms with Crippen molar-refractivity contribution in [3.8, 4) is 5.75 Å². The molecule has 82 valence electrons. The van der Waals surface area contributed by atoms with Gasteiger partial charge in [0.05, 0.1) is 12.1 Å². The lowest BCUT2D eigenvalue weighted by Crippen LogP contribution is -2.16. The maximum Gasteiger partial charge on any atom is 0.137 e. The van der Waals surface area contributed by atoms with Crippen LogP contribution in [0.25, 0.3) is 0 Å². The van der Waals surface area contributed by atoms with Crippen LogP contribution >= 0.6 is 11.6 Å².